The molecule has 3 rings (SSSR count). The van der Waals surface area contributed by atoms with Gasteiger partial charge in [-0.1, -0.05) is 12.1 Å². The van der Waals surface area contributed by atoms with Crippen LogP contribution in [-0.4, -0.2) is 34.9 Å². The van der Waals surface area contributed by atoms with Crippen LogP contribution in [0.3, 0.4) is 0 Å². The smallest absolute Gasteiger partial charge is 0.181 e. The Labute approximate surface area is 158 Å². The van der Waals surface area contributed by atoms with Crippen molar-refractivity contribution in [3.8, 4) is 22.9 Å². The predicted molar refractivity (Wildman–Crippen MR) is 107 cm³/mol. The fraction of sp³-hybridized carbons (Fsp3) is 0.300. The maximum Gasteiger partial charge on any atom is 0.181 e. The summed E-state index contributed by atoms with van der Waals surface area (Å²) in [5.41, 5.74) is 8.38. The summed E-state index contributed by atoms with van der Waals surface area (Å²) < 4.78 is 11.2. The van der Waals surface area contributed by atoms with Crippen LogP contribution in [0, 0.1) is 0 Å². The predicted octanol–water partition coefficient (Wildman–Crippen LogP) is 3.51. The molecule has 0 saturated carbocycles. The van der Waals surface area contributed by atoms with Gasteiger partial charge in [0, 0.05) is 36.0 Å². The molecule has 0 saturated heterocycles. The Kier molecular flexibility index (Phi) is 6.14. The van der Waals surface area contributed by atoms with E-state index in [2.05, 4.69) is 20.5 Å². The highest BCUT2D eigenvalue weighted by Crippen LogP contribution is 2.30. The van der Waals surface area contributed by atoms with Crippen LogP contribution in [0.2, 0.25) is 0 Å². The summed E-state index contributed by atoms with van der Waals surface area (Å²) in [6.07, 6.45) is 0.715. The third-order valence-corrected chi connectivity index (χ3v) is 3.91. The average molecular weight is 367 g/mol. The van der Waals surface area contributed by atoms with Crippen LogP contribution in [0.5, 0.6) is 11.5 Å². The quantitative estimate of drug-likeness (QED) is 0.501. The van der Waals surface area contributed by atoms with Gasteiger partial charge in [0.05, 0.1) is 13.2 Å². The number of hydrogen-bond acceptors (Lipinski definition) is 6. The zero-order valence-electron chi connectivity index (χ0n) is 15.7. The first-order valence-electron chi connectivity index (χ1n) is 9.10. The number of nitrogen functional groups attached to an aromatic ring is 1. The molecule has 0 aliphatic carbocycles. The minimum Gasteiger partial charge on any atom is -0.490 e. The lowest BCUT2D eigenvalue weighted by molar-refractivity contribution is 0.288. The number of H-pyrrole nitrogens is 1. The van der Waals surface area contributed by atoms with Gasteiger partial charge in [0.25, 0.3) is 0 Å². The number of ether oxygens (including phenoxy) is 2. The maximum absolute atomic E-state index is 5.82. The molecule has 4 N–H and O–H groups in total. The van der Waals surface area contributed by atoms with Gasteiger partial charge < -0.3 is 20.5 Å². The molecule has 1 heterocycles. The molecule has 1 aromatic heterocycles. The highest BCUT2D eigenvalue weighted by molar-refractivity contribution is 5.60. The number of nitrogens with two attached hydrogens (primary N) is 1. The van der Waals surface area contributed by atoms with Gasteiger partial charge >= 0.3 is 0 Å². The third-order valence-electron chi connectivity index (χ3n) is 3.91. The lowest BCUT2D eigenvalue weighted by Gasteiger charge is -2.13. The van der Waals surface area contributed by atoms with Gasteiger partial charge in [-0.15, -0.1) is 0 Å². The van der Waals surface area contributed by atoms with Crippen molar-refractivity contribution in [2.24, 2.45) is 0 Å². The van der Waals surface area contributed by atoms with Crippen molar-refractivity contribution in [1.29, 1.82) is 0 Å². The first-order chi connectivity index (χ1) is 13.2. The zero-order chi connectivity index (χ0) is 19.1. The van der Waals surface area contributed by atoms with Crippen molar-refractivity contribution < 1.29 is 9.47 Å². The molecule has 2 aromatic carbocycles. The molecule has 0 atom stereocenters. The second-order valence-electron chi connectivity index (χ2n) is 5.94. The lowest BCUT2D eigenvalue weighted by Crippen LogP contribution is -2.07. The Hall–Kier alpha value is -3.22. The first-order valence-corrected chi connectivity index (χ1v) is 9.10. The fourth-order valence-corrected chi connectivity index (χ4v) is 2.70. The molecule has 0 spiro atoms. The number of benzene rings is 2. The summed E-state index contributed by atoms with van der Waals surface area (Å²) in [6, 6.07) is 13.4. The minimum absolute atomic E-state index is 0.592. The van der Waals surface area contributed by atoms with E-state index in [0.29, 0.717) is 37.7 Å². The fourth-order valence-electron chi connectivity index (χ4n) is 2.70. The molecule has 7 nitrogen and oxygen atoms in total. The van der Waals surface area contributed by atoms with Crippen molar-refractivity contribution >= 4 is 11.4 Å². The molecule has 3 aromatic rings. The molecule has 0 aliphatic rings. The van der Waals surface area contributed by atoms with E-state index >= 15 is 0 Å². The number of anilines is 2. The van der Waals surface area contributed by atoms with Gasteiger partial charge in [-0.25, -0.2) is 4.98 Å². The van der Waals surface area contributed by atoms with Crippen molar-refractivity contribution in [2.45, 2.75) is 20.3 Å². The molecule has 7 heteroatoms. The molecule has 142 valence electrons. The van der Waals surface area contributed by atoms with Crippen LogP contribution >= 0.6 is 0 Å². The molecule has 0 bridgehead atoms. The molecular weight excluding hydrogens is 342 g/mol. The van der Waals surface area contributed by atoms with Crippen molar-refractivity contribution in [3.05, 3.63) is 48.3 Å². The largest absolute Gasteiger partial charge is 0.490 e. The number of aromatic nitrogens is 3. The molecule has 0 unspecified atom stereocenters. The van der Waals surface area contributed by atoms with Gasteiger partial charge in [0.15, 0.2) is 17.3 Å². The SMILES string of the molecule is CCOc1ccc(NCCc2nc(-c3cccc(N)c3)n[nH]2)cc1OCC. The minimum atomic E-state index is 0.592. The van der Waals surface area contributed by atoms with Crippen molar-refractivity contribution in [2.75, 3.05) is 30.8 Å². The van der Waals surface area contributed by atoms with E-state index in [-0.39, 0.29) is 0 Å². The van der Waals surface area contributed by atoms with E-state index in [4.69, 9.17) is 15.2 Å². The highest BCUT2D eigenvalue weighted by Gasteiger charge is 2.08. The molecule has 0 amide bonds. The van der Waals surface area contributed by atoms with Crippen LogP contribution in [0.15, 0.2) is 42.5 Å². The van der Waals surface area contributed by atoms with Crippen LogP contribution in [-0.2, 0) is 6.42 Å². The number of nitrogens with zero attached hydrogens (tertiary/aromatic N) is 2. The molecule has 27 heavy (non-hydrogen) atoms. The Morgan fingerprint density at radius 2 is 1.85 bits per heavy atom. The summed E-state index contributed by atoms with van der Waals surface area (Å²) in [5.74, 6) is 2.97. The average Bonchev–Trinajstić information content (AvgIpc) is 3.13. The highest BCUT2D eigenvalue weighted by atomic mass is 16.5. The zero-order valence-corrected chi connectivity index (χ0v) is 15.7. The molecule has 0 radical (unpaired) electrons. The van der Waals surface area contributed by atoms with Crippen LogP contribution in [0.1, 0.15) is 19.7 Å². The second-order valence-corrected chi connectivity index (χ2v) is 5.94. The van der Waals surface area contributed by atoms with Crippen molar-refractivity contribution in [1.82, 2.24) is 15.2 Å². The topological polar surface area (TPSA) is 98.1 Å². The van der Waals surface area contributed by atoms with Gasteiger partial charge in [-0.2, -0.15) is 5.10 Å². The summed E-state index contributed by atoms with van der Waals surface area (Å²) in [7, 11) is 0. The standard InChI is InChI=1S/C20H25N5O2/c1-3-26-17-9-8-16(13-18(17)27-4-2)22-11-10-19-23-20(25-24-19)14-6-5-7-15(21)12-14/h5-9,12-13,22H,3-4,10-11,21H2,1-2H3,(H,23,24,25). The van der Waals surface area contributed by atoms with E-state index in [0.717, 1.165) is 28.6 Å². The number of rotatable bonds is 9. The normalized spacial score (nSPS) is 10.6. The van der Waals surface area contributed by atoms with Gasteiger partial charge in [-0.05, 0) is 38.1 Å². The van der Waals surface area contributed by atoms with Crippen LogP contribution < -0.4 is 20.5 Å². The number of nitrogens with one attached hydrogen (secondary N) is 2. The summed E-state index contributed by atoms with van der Waals surface area (Å²) in [5, 5.41) is 10.6. The van der Waals surface area contributed by atoms with Crippen LogP contribution in [0.25, 0.3) is 11.4 Å². The summed E-state index contributed by atoms with van der Waals surface area (Å²) >= 11 is 0. The third kappa shape index (κ3) is 4.91. The Balaban J connectivity index is 1.59. The lowest BCUT2D eigenvalue weighted by atomic mass is 10.2. The van der Waals surface area contributed by atoms with Gasteiger partial charge in [-0.3, -0.25) is 5.10 Å². The van der Waals surface area contributed by atoms with Gasteiger partial charge in [0.2, 0.25) is 0 Å². The van der Waals surface area contributed by atoms with E-state index < -0.39 is 0 Å². The molecule has 0 aliphatic heterocycles. The summed E-state index contributed by atoms with van der Waals surface area (Å²) in [4.78, 5) is 4.53. The van der Waals surface area contributed by atoms with E-state index in [1.807, 2.05) is 56.3 Å². The summed E-state index contributed by atoms with van der Waals surface area (Å²) in [6.45, 7) is 5.82. The molecule has 0 fully saturated rings. The Bertz CT molecular complexity index is 878. The molecular formula is C20H25N5O2. The maximum atomic E-state index is 5.82. The first kappa shape index (κ1) is 18.6. The number of hydrogen-bond donors (Lipinski definition) is 3. The van der Waals surface area contributed by atoms with Crippen molar-refractivity contribution in [3.63, 3.8) is 0 Å². The second kappa shape index (κ2) is 8.93. The van der Waals surface area contributed by atoms with Crippen LogP contribution in [0.4, 0.5) is 11.4 Å². The van der Waals surface area contributed by atoms with E-state index in [1.54, 1.807) is 0 Å². The Morgan fingerprint density at radius 1 is 1.04 bits per heavy atom. The Morgan fingerprint density at radius 3 is 2.63 bits per heavy atom. The van der Waals surface area contributed by atoms with Gasteiger partial charge in [0.1, 0.15) is 5.82 Å². The van der Waals surface area contributed by atoms with E-state index in [1.165, 1.54) is 0 Å². The number of aromatic amines is 1. The van der Waals surface area contributed by atoms with E-state index in [9.17, 15) is 0 Å². The monoisotopic (exact) mass is 367 g/mol.